The van der Waals surface area contributed by atoms with Crippen LogP contribution in [0, 0.1) is 0 Å². The predicted molar refractivity (Wildman–Crippen MR) is 146 cm³/mol. The third kappa shape index (κ3) is 6.37. The van der Waals surface area contributed by atoms with Gasteiger partial charge in [0.15, 0.2) is 24.1 Å². The van der Waals surface area contributed by atoms with E-state index >= 15 is 0 Å². The fourth-order valence-corrected chi connectivity index (χ4v) is 5.87. The van der Waals surface area contributed by atoms with Gasteiger partial charge in [-0.05, 0) is 18.9 Å². The lowest BCUT2D eigenvalue weighted by atomic mass is 10.0. The number of nitrogens with zero attached hydrogens (tertiary/aromatic N) is 6. The van der Waals surface area contributed by atoms with E-state index in [0.29, 0.717) is 17.9 Å². The highest BCUT2D eigenvalue weighted by molar-refractivity contribution is 8.00. The van der Waals surface area contributed by atoms with Crippen molar-refractivity contribution in [1.29, 1.82) is 0 Å². The number of carbonyl (C=O) groups excluding carboxylic acids is 2. The molecule has 0 radical (unpaired) electrons. The number of carboxylic acid groups (broad SMARTS) is 1. The number of allylic oxidation sites excluding steroid dienone is 1. The second-order valence-corrected chi connectivity index (χ2v) is 10.4. The van der Waals surface area contributed by atoms with Crippen LogP contribution in [-0.2, 0) is 25.8 Å². The van der Waals surface area contributed by atoms with Gasteiger partial charge in [-0.25, -0.2) is 9.36 Å². The Morgan fingerprint density at radius 3 is 2.74 bits per heavy atom. The topological polar surface area (TPSA) is 186 Å². The number of pyridine rings is 1. The van der Waals surface area contributed by atoms with Crippen molar-refractivity contribution in [3.8, 4) is 0 Å². The zero-order valence-corrected chi connectivity index (χ0v) is 22.6. The largest absolute Gasteiger partial charge is 0.753 e. The van der Waals surface area contributed by atoms with Crippen LogP contribution in [0.4, 0.5) is 5.13 Å². The number of oxime groups is 1. The van der Waals surface area contributed by atoms with E-state index in [-0.39, 0.29) is 28.5 Å². The average molecular weight is 587 g/mol. The van der Waals surface area contributed by atoms with E-state index in [2.05, 4.69) is 32.0 Å². The molecule has 2 unspecified atom stereocenters. The lowest BCUT2D eigenvalue weighted by molar-refractivity contribution is -0.689. The average Bonchev–Trinajstić information content (AvgIpc) is 3.60. The number of anilines is 1. The number of amides is 2. The van der Waals surface area contributed by atoms with E-state index < -0.39 is 29.2 Å². The van der Waals surface area contributed by atoms with Crippen LogP contribution >= 0.6 is 35.5 Å². The highest BCUT2D eigenvalue weighted by Gasteiger charge is 2.54. The molecule has 13 nitrogen and oxygen atoms in total. The Labute approximate surface area is 236 Å². The van der Waals surface area contributed by atoms with Crippen molar-refractivity contribution < 1.29 is 28.9 Å². The van der Waals surface area contributed by atoms with Crippen LogP contribution in [0.25, 0.3) is 5.41 Å². The van der Waals surface area contributed by atoms with E-state index in [4.69, 9.17) is 16.0 Å². The molecule has 1 fully saturated rings. The van der Waals surface area contributed by atoms with Crippen LogP contribution in [-0.4, -0.2) is 71.3 Å². The first kappa shape index (κ1) is 28.0. The van der Waals surface area contributed by atoms with Crippen molar-refractivity contribution in [2.24, 2.45) is 5.16 Å². The van der Waals surface area contributed by atoms with Gasteiger partial charge in [0, 0.05) is 35.0 Å². The number of hydrogen-bond donors (Lipinski definition) is 3. The van der Waals surface area contributed by atoms with Gasteiger partial charge in [-0.3, -0.25) is 14.5 Å². The molecule has 16 heteroatoms. The fourth-order valence-electron chi connectivity index (χ4n) is 4.10. The maximum Gasteiger partial charge on any atom is 0.352 e. The van der Waals surface area contributed by atoms with Crippen molar-refractivity contribution in [3.05, 3.63) is 65.2 Å². The standard InChI is InChI=1S/C22H21N7O5S2.CNS/c23-22-25-17(27-36-22)14(26-34-13-6-2-3-7-13)18(30)24-15-19(31)29-16(21(32)33)12(11-35-20(15)29)10-28-8-4-1-5-9-28;2-1-3/h1-2,4-6,8-9,13,15,20H,3,7,10-11H2,(H3-,23,24,25,27,30,32,33);/q;-1/p+1/t13?,15?,20-;/m1./s1. The van der Waals surface area contributed by atoms with Gasteiger partial charge in [0.2, 0.25) is 11.5 Å². The van der Waals surface area contributed by atoms with Gasteiger partial charge in [0.25, 0.3) is 11.8 Å². The molecule has 4 N–H and O–H groups in total. The van der Waals surface area contributed by atoms with Gasteiger partial charge in [-0.15, -0.1) is 11.8 Å². The maximum atomic E-state index is 13.1. The molecule has 39 heavy (non-hydrogen) atoms. The SMILES string of the molecule is Nc1nc(C(=NOC2C=CCC2)C(=O)NC2C(=O)N3C(C(=O)O)=C(C[n+]4ccccc4)CS[C@H]23)ns1.[N-]=C=S. The first-order chi connectivity index (χ1) is 18.8. The zero-order valence-electron chi connectivity index (χ0n) is 20.2. The number of nitrogen functional groups attached to an aromatic ring is 1. The van der Waals surface area contributed by atoms with Crippen molar-refractivity contribution in [3.63, 3.8) is 0 Å². The van der Waals surface area contributed by atoms with Crippen LogP contribution in [0.1, 0.15) is 18.7 Å². The molecule has 0 bridgehead atoms. The number of carboxylic acids is 1. The van der Waals surface area contributed by atoms with E-state index in [1.165, 1.54) is 21.8 Å². The molecule has 1 aliphatic carbocycles. The van der Waals surface area contributed by atoms with E-state index in [0.717, 1.165) is 24.4 Å². The number of hydrogen-bond acceptors (Lipinski definition) is 11. The quantitative estimate of drug-likeness (QED) is 0.100. The minimum Gasteiger partial charge on any atom is -0.753 e. The summed E-state index contributed by atoms with van der Waals surface area (Å²) in [6.07, 6.45) is 8.76. The number of thiocarbonyl (C=S) groups is 1. The normalized spacial score (nSPS) is 21.7. The van der Waals surface area contributed by atoms with Gasteiger partial charge in [-0.1, -0.05) is 29.5 Å². The van der Waals surface area contributed by atoms with E-state index in [1.807, 2.05) is 47.3 Å². The van der Waals surface area contributed by atoms with Gasteiger partial charge >= 0.3 is 5.97 Å². The number of β-lactam (4-membered cyclic amide) rings is 1. The molecule has 4 heterocycles. The van der Waals surface area contributed by atoms with Crippen molar-refractivity contribution >= 4 is 69.3 Å². The van der Waals surface area contributed by atoms with Crippen molar-refractivity contribution in [1.82, 2.24) is 19.6 Å². The van der Waals surface area contributed by atoms with Crippen LogP contribution in [0.2, 0.25) is 0 Å². The third-order valence-corrected chi connectivity index (χ3v) is 7.69. The number of nitrogens with two attached hydrogens (primary N) is 1. The van der Waals surface area contributed by atoms with Crippen molar-refractivity contribution in [2.45, 2.75) is 36.9 Å². The van der Waals surface area contributed by atoms with Crippen LogP contribution < -0.4 is 15.6 Å². The number of carbonyl (C=O) groups is 3. The summed E-state index contributed by atoms with van der Waals surface area (Å²) in [6.45, 7) is 0.337. The Morgan fingerprint density at radius 2 is 2.13 bits per heavy atom. The Hall–Kier alpha value is -3.98. The fraction of sp³-hybridized carbons (Fsp3) is 0.304. The molecular formula is C23H22N8O5S3. The van der Waals surface area contributed by atoms with E-state index in [1.54, 1.807) is 0 Å². The van der Waals surface area contributed by atoms with Crippen LogP contribution in [0.15, 0.2) is 59.2 Å². The Morgan fingerprint density at radius 1 is 1.38 bits per heavy atom. The number of nitrogens with one attached hydrogen (secondary N) is 1. The molecule has 2 amide bonds. The van der Waals surface area contributed by atoms with Crippen molar-refractivity contribution in [2.75, 3.05) is 11.5 Å². The Balaban J connectivity index is 0.00000112. The molecule has 2 aliphatic heterocycles. The van der Waals surface area contributed by atoms with Gasteiger partial charge < -0.3 is 26.4 Å². The van der Waals surface area contributed by atoms with Crippen LogP contribution in [0.5, 0.6) is 0 Å². The second kappa shape index (κ2) is 12.7. The summed E-state index contributed by atoms with van der Waals surface area (Å²) < 4.78 is 5.89. The summed E-state index contributed by atoms with van der Waals surface area (Å²) in [5, 5.41) is 24.6. The number of aliphatic carboxylic acids is 1. The molecule has 202 valence electrons. The molecule has 1 saturated heterocycles. The number of thioether (sulfide) groups is 1. The first-order valence-corrected chi connectivity index (χ1v) is 13.7. The maximum absolute atomic E-state index is 13.1. The molecule has 3 atom stereocenters. The molecule has 2 aromatic rings. The number of aromatic nitrogens is 3. The highest BCUT2D eigenvalue weighted by atomic mass is 32.2. The van der Waals surface area contributed by atoms with E-state index in [9.17, 15) is 19.5 Å². The number of fused-ring (bicyclic) bond motifs is 1. The summed E-state index contributed by atoms with van der Waals surface area (Å²) in [5.74, 6) is -2.03. The molecule has 0 aromatic carbocycles. The monoisotopic (exact) mass is 586 g/mol. The van der Waals surface area contributed by atoms with Gasteiger partial charge in [-0.2, -0.15) is 14.5 Å². The summed E-state index contributed by atoms with van der Waals surface area (Å²) in [4.78, 5) is 49.0. The van der Waals surface area contributed by atoms with Gasteiger partial charge in [0.05, 0.1) is 0 Å². The highest BCUT2D eigenvalue weighted by Crippen LogP contribution is 2.40. The second-order valence-electron chi connectivity index (χ2n) is 8.30. The summed E-state index contributed by atoms with van der Waals surface area (Å²) in [7, 11) is 0. The summed E-state index contributed by atoms with van der Waals surface area (Å²) in [6, 6.07) is 4.62. The minimum atomic E-state index is -1.19. The number of isothiocyanates is 1. The molecule has 2 aromatic heterocycles. The Bertz CT molecular complexity index is 1390. The lowest BCUT2D eigenvalue weighted by Gasteiger charge is -2.49. The zero-order chi connectivity index (χ0) is 27.9. The molecule has 0 spiro atoms. The molecule has 0 saturated carbocycles. The summed E-state index contributed by atoms with van der Waals surface area (Å²) in [5.41, 5.74) is 6.03. The predicted octanol–water partition coefficient (Wildman–Crippen LogP) is 0.945. The molecule has 5 rings (SSSR count). The Kier molecular flexibility index (Phi) is 9.14. The number of rotatable bonds is 8. The molecule has 3 aliphatic rings. The molecular weight excluding hydrogens is 565 g/mol. The minimum absolute atomic E-state index is 0.00908. The third-order valence-electron chi connectivity index (χ3n) is 5.80. The summed E-state index contributed by atoms with van der Waals surface area (Å²) >= 11 is 5.99. The smallest absolute Gasteiger partial charge is 0.352 e. The van der Waals surface area contributed by atoms with Gasteiger partial charge in [0.1, 0.15) is 23.2 Å². The van der Waals surface area contributed by atoms with Crippen LogP contribution in [0.3, 0.4) is 0 Å². The first-order valence-electron chi connectivity index (χ1n) is 11.5. The lowest BCUT2D eigenvalue weighted by Crippen LogP contribution is -2.71.